The highest BCUT2D eigenvalue weighted by molar-refractivity contribution is 9.10. The number of amides is 2. The van der Waals surface area contributed by atoms with Crippen LogP contribution in [0.25, 0.3) is 0 Å². The number of hydrogen-bond donors (Lipinski definition) is 2. The molecule has 0 aromatic heterocycles. The van der Waals surface area contributed by atoms with Gasteiger partial charge in [-0.25, -0.2) is 0 Å². The van der Waals surface area contributed by atoms with Crippen molar-refractivity contribution in [3.05, 3.63) is 58.6 Å². The summed E-state index contributed by atoms with van der Waals surface area (Å²) >= 11 is 3.32. The third-order valence-electron chi connectivity index (χ3n) is 2.56. The molecule has 0 bridgehead atoms. The molecular weight excluding hydrogens is 336 g/mol. The number of benzene rings is 2. The molecule has 2 aromatic carbocycles. The van der Waals surface area contributed by atoms with E-state index in [0.717, 1.165) is 4.47 Å². The van der Waals surface area contributed by atoms with Crippen LogP contribution in [0, 0.1) is 0 Å². The Hall–Kier alpha value is -2.34. The molecule has 2 amide bonds. The van der Waals surface area contributed by atoms with E-state index in [1.807, 2.05) is 6.07 Å². The van der Waals surface area contributed by atoms with Crippen molar-refractivity contribution in [2.75, 3.05) is 11.9 Å². The van der Waals surface area contributed by atoms with E-state index in [2.05, 4.69) is 21.2 Å². The zero-order valence-electron chi connectivity index (χ0n) is 11.0. The average Bonchev–Trinajstić information content (AvgIpc) is 2.45. The maximum absolute atomic E-state index is 12.1. The first-order valence-corrected chi connectivity index (χ1v) is 6.92. The number of anilines is 1. The second-order valence-electron chi connectivity index (χ2n) is 4.25. The van der Waals surface area contributed by atoms with Gasteiger partial charge < -0.3 is 15.8 Å². The van der Waals surface area contributed by atoms with Crippen LogP contribution >= 0.6 is 15.9 Å². The van der Waals surface area contributed by atoms with Crippen LogP contribution in [-0.2, 0) is 4.79 Å². The summed E-state index contributed by atoms with van der Waals surface area (Å²) in [5.74, 6) is -0.331. The van der Waals surface area contributed by atoms with Gasteiger partial charge in [0.05, 0.1) is 0 Å². The second kappa shape index (κ2) is 6.90. The Bertz CT molecular complexity index is 673. The fourth-order valence-corrected chi connectivity index (χ4v) is 2.05. The molecule has 3 N–H and O–H groups in total. The van der Waals surface area contributed by atoms with Gasteiger partial charge in [-0.3, -0.25) is 9.59 Å². The van der Waals surface area contributed by atoms with Crippen LogP contribution in [0.2, 0.25) is 0 Å². The number of hydrogen-bond acceptors (Lipinski definition) is 3. The summed E-state index contributed by atoms with van der Waals surface area (Å²) < 4.78 is 6.01. The van der Waals surface area contributed by atoms with Gasteiger partial charge in [0.25, 0.3) is 11.8 Å². The van der Waals surface area contributed by atoms with Crippen molar-refractivity contribution in [2.45, 2.75) is 0 Å². The van der Waals surface area contributed by atoms with Crippen molar-refractivity contribution in [1.82, 2.24) is 0 Å². The number of rotatable bonds is 5. The number of nitrogens with one attached hydrogen (secondary N) is 1. The average molecular weight is 349 g/mol. The van der Waals surface area contributed by atoms with Crippen molar-refractivity contribution in [3.8, 4) is 5.75 Å². The lowest BCUT2D eigenvalue weighted by Gasteiger charge is -2.08. The van der Waals surface area contributed by atoms with Gasteiger partial charge >= 0.3 is 0 Å². The fourth-order valence-electron chi connectivity index (χ4n) is 1.65. The van der Waals surface area contributed by atoms with Gasteiger partial charge in [-0.1, -0.05) is 28.1 Å². The Morgan fingerprint density at radius 3 is 2.62 bits per heavy atom. The third kappa shape index (κ3) is 4.61. The van der Waals surface area contributed by atoms with Gasteiger partial charge in [-0.15, -0.1) is 0 Å². The summed E-state index contributed by atoms with van der Waals surface area (Å²) in [6.07, 6.45) is 0. The van der Waals surface area contributed by atoms with Gasteiger partial charge in [0.1, 0.15) is 5.75 Å². The molecule has 6 heteroatoms. The Morgan fingerprint density at radius 1 is 1.14 bits per heavy atom. The minimum absolute atomic E-state index is 0.205. The van der Waals surface area contributed by atoms with Gasteiger partial charge in [0.15, 0.2) is 6.61 Å². The Morgan fingerprint density at radius 2 is 1.90 bits per heavy atom. The minimum atomic E-state index is -0.557. The smallest absolute Gasteiger partial charge is 0.255 e. The van der Waals surface area contributed by atoms with Crippen molar-refractivity contribution < 1.29 is 14.3 Å². The number of ether oxygens (including phenoxy) is 1. The van der Waals surface area contributed by atoms with E-state index in [4.69, 9.17) is 10.5 Å². The monoisotopic (exact) mass is 348 g/mol. The van der Waals surface area contributed by atoms with Crippen molar-refractivity contribution in [3.63, 3.8) is 0 Å². The molecule has 0 aliphatic carbocycles. The molecule has 21 heavy (non-hydrogen) atoms. The van der Waals surface area contributed by atoms with Crippen LogP contribution in [0.4, 0.5) is 5.69 Å². The lowest BCUT2D eigenvalue weighted by molar-refractivity contribution is -0.119. The molecule has 0 aliphatic rings. The van der Waals surface area contributed by atoms with Crippen molar-refractivity contribution >= 4 is 33.4 Å². The van der Waals surface area contributed by atoms with Gasteiger partial charge in [0.2, 0.25) is 0 Å². The van der Waals surface area contributed by atoms with E-state index in [-0.39, 0.29) is 12.5 Å². The van der Waals surface area contributed by atoms with Crippen LogP contribution in [0.3, 0.4) is 0 Å². The van der Waals surface area contributed by atoms with E-state index in [1.165, 1.54) is 0 Å². The summed E-state index contributed by atoms with van der Waals surface area (Å²) in [5, 5.41) is 2.76. The summed E-state index contributed by atoms with van der Waals surface area (Å²) in [4.78, 5) is 22.8. The number of carbonyl (C=O) groups excluding carboxylic acids is 2. The maximum atomic E-state index is 12.1. The Labute approximate surface area is 130 Å². The zero-order valence-corrected chi connectivity index (χ0v) is 12.6. The van der Waals surface area contributed by atoms with E-state index in [0.29, 0.717) is 17.0 Å². The van der Waals surface area contributed by atoms with E-state index >= 15 is 0 Å². The lowest BCUT2D eigenvalue weighted by Crippen LogP contribution is -2.20. The number of nitrogens with two attached hydrogens (primary N) is 1. The first-order chi connectivity index (χ1) is 10.0. The number of primary amides is 1. The normalized spacial score (nSPS) is 9.95. The lowest BCUT2D eigenvalue weighted by atomic mass is 10.2. The molecule has 108 valence electrons. The summed E-state index contributed by atoms with van der Waals surface area (Å²) in [5.41, 5.74) is 6.12. The van der Waals surface area contributed by atoms with E-state index in [9.17, 15) is 9.59 Å². The fraction of sp³-hybridized carbons (Fsp3) is 0.0667. The standard InChI is InChI=1S/C15H13BrN2O3/c16-11-4-1-3-10(7-11)15(20)18-12-5-2-6-13(8-12)21-9-14(17)19/h1-8H,9H2,(H2,17,19)(H,18,20). The van der Waals surface area contributed by atoms with Gasteiger partial charge in [-0.2, -0.15) is 0 Å². The number of carbonyl (C=O) groups is 2. The largest absolute Gasteiger partial charge is 0.484 e. The Kier molecular flexibility index (Phi) is 4.94. The van der Waals surface area contributed by atoms with Crippen LogP contribution in [0.5, 0.6) is 5.75 Å². The molecule has 0 radical (unpaired) electrons. The molecule has 0 unspecified atom stereocenters. The number of halogens is 1. The first-order valence-electron chi connectivity index (χ1n) is 6.12. The van der Waals surface area contributed by atoms with E-state index in [1.54, 1.807) is 42.5 Å². The highest BCUT2D eigenvalue weighted by Gasteiger charge is 2.07. The molecule has 2 aromatic rings. The summed E-state index contributed by atoms with van der Waals surface area (Å²) in [6.45, 7) is -0.205. The van der Waals surface area contributed by atoms with Crippen LogP contribution in [0.15, 0.2) is 53.0 Å². The predicted molar refractivity (Wildman–Crippen MR) is 83.2 cm³/mol. The molecule has 5 nitrogen and oxygen atoms in total. The second-order valence-corrected chi connectivity index (χ2v) is 5.16. The molecule has 0 saturated heterocycles. The first kappa shape index (κ1) is 15.1. The topological polar surface area (TPSA) is 81.4 Å². The molecule has 0 saturated carbocycles. The molecule has 0 atom stereocenters. The van der Waals surface area contributed by atoms with Crippen molar-refractivity contribution in [2.24, 2.45) is 5.73 Å². The zero-order chi connectivity index (χ0) is 15.2. The van der Waals surface area contributed by atoms with E-state index < -0.39 is 5.91 Å². The van der Waals surface area contributed by atoms with Crippen LogP contribution in [-0.4, -0.2) is 18.4 Å². The molecule has 0 heterocycles. The highest BCUT2D eigenvalue weighted by atomic mass is 79.9. The summed E-state index contributed by atoms with van der Waals surface area (Å²) in [7, 11) is 0. The van der Waals surface area contributed by atoms with Crippen LogP contribution < -0.4 is 15.8 Å². The molecule has 0 aliphatic heterocycles. The predicted octanol–water partition coefficient (Wildman–Crippen LogP) is 2.57. The molecule has 0 spiro atoms. The highest BCUT2D eigenvalue weighted by Crippen LogP contribution is 2.19. The quantitative estimate of drug-likeness (QED) is 0.871. The molecule has 2 rings (SSSR count). The van der Waals surface area contributed by atoms with Crippen LogP contribution in [0.1, 0.15) is 10.4 Å². The third-order valence-corrected chi connectivity index (χ3v) is 3.05. The minimum Gasteiger partial charge on any atom is -0.484 e. The maximum Gasteiger partial charge on any atom is 0.255 e. The molecular formula is C15H13BrN2O3. The van der Waals surface area contributed by atoms with Gasteiger partial charge in [-0.05, 0) is 30.3 Å². The molecule has 0 fully saturated rings. The van der Waals surface area contributed by atoms with Crippen molar-refractivity contribution in [1.29, 1.82) is 0 Å². The Balaban J connectivity index is 2.07. The summed E-state index contributed by atoms with van der Waals surface area (Å²) in [6, 6.07) is 13.8. The SMILES string of the molecule is NC(=O)COc1cccc(NC(=O)c2cccc(Br)c2)c1. The van der Waals surface area contributed by atoms with Gasteiger partial charge in [0, 0.05) is 21.8 Å².